The van der Waals surface area contributed by atoms with Crippen molar-refractivity contribution < 1.29 is 4.74 Å². The standard InChI is InChI=1S/C12H21NO/c1-11(8-13)5-6-12(14-11)4-2-3-9-7-10(9)12/h9-10H,2-8,13H2,1H3. The van der Waals surface area contributed by atoms with Gasteiger partial charge in [-0.25, -0.2) is 0 Å². The Kier molecular flexibility index (Phi) is 1.79. The first-order valence-corrected chi connectivity index (χ1v) is 6.08. The summed E-state index contributed by atoms with van der Waals surface area (Å²) in [5.41, 5.74) is 6.04. The molecular formula is C12H21NO. The second-order valence-electron chi connectivity index (χ2n) is 5.82. The molecule has 0 aromatic heterocycles. The molecule has 0 amide bonds. The molecule has 0 radical (unpaired) electrons. The maximum absolute atomic E-state index is 6.36. The molecule has 0 aromatic carbocycles. The van der Waals surface area contributed by atoms with Crippen molar-refractivity contribution in [3.05, 3.63) is 0 Å². The smallest absolute Gasteiger partial charge is 0.0784 e. The van der Waals surface area contributed by atoms with E-state index in [2.05, 4.69) is 6.92 Å². The number of nitrogens with two attached hydrogens (primary N) is 1. The molecule has 1 aliphatic heterocycles. The van der Waals surface area contributed by atoms with Crippen molar-refractivity contribution in [1.82, 2.24) is 0 Å². The van der Waals surface area contributed by atoms with E-state index >= 15 is 0 Å². The van der Waals surface area contributed by atoms with Gasteiger partial charge in [-0.2, -0.15) is 0 Å². The molecule has 2 heteroatoms. The second-order valence-corrected chi connectivity index (χ2v) is 5.82. The van der Waals surface area contributed by atoms with Crippen LogP contribution >= 0.6 is 0 Å². The van der Waals surface area contributed by atoms with E-state index in [0.29, 0.717) is 6.54 Å². The Morgan fingerprint density at radius 2 is 2.21 bits per heavy atom. The van der Waals surface area contributed by atoms with Gasteiger partial charge < -0.3 is 10.5 Å². The van der Waals surface area contributed by atoms with Crippen LogP contribution < -0.4 is 5.73 Å². The molecule has 80 valence electrons. The number of hydrogen-bond acceptors (Lipinski definition) is 2. The molecule has 14 heavy (non-hydrogen) atoms. The van der Waals surface area contributed by atoms with Gasteiger partial charge >= 0.3 is 0 Å². The van der Waals surface area contributed by atoms with Gasteiger partial charge in [0.05, 0.1) is 11.2 Å². The maximum atomic E-state index is 6.36. The van der Waals surface area contributed by atoms with Crippen molar-refractivity contribution in [3.8, 4) is 0 Å². The third kappa shape index (κ3) is 1.17. The van der Waals surface area contributed by atoms with E-state index in [-0.39, 0.29) is 11.2 Å². The highest BCUT2D eigenvalue weighted by atomic mass is 16.5. The summed E-state index contributed by atoms with van der Waals surface area (Å²) >= 11 is 0. The van der Waals surface area contributed by atoms with E-state index in [0.717, 1.165) is 11.8 Å². The van der Waals surface area contributed by atoms with E-state index in [1.807, 2.05) is 0 Å². The summed E-state index contributed by atoms with van der Waals surface area (Å²) in [6, 6.07) is 0. The highest BCUT2D eigenvalue weighted by molar-refractivity contribution is 5.10. The van der Waals surface area contributed by atoms with Crippen molar-refractivity contribution in [2.24, 2.45) is 17.6 Å². The largest absolute Gasteiger partial charge is 0.367 e. The van der Waals surface area contributed by atoms with Crippen LogP contribution in [0.2, 0.25) is 0 Å². The molecule has 2 N–H and O–H groups in total. The molecule has 4 unspecified atom stereocenters. The van der Waals surface area contributed by atoms with Crippen LogP contribution in [0.5, 0.6) is 0 Å². The van der Waals surface area contributed by atoms with Gasteiger partial charge in [-0.3, -0.25) is 0 Å². The fourth-order valence-corrected chi connectivity index (χ4v) is 3.71. The summed E-state index contributed by atoms with van der Waals surface area (Å²) in [5.74, 6) is 1.90. The summed E-state index contributed by atoms with van der Waals surface area (Å²) in [7, 11) is 0. The van der Waals surface area contributed by atoms with E-state index in [1.54, 1.807) is 0 Å². The minimum absolute atomic E-state index is 0.00944. The van der Waals surface area contributed by atoms with Gasteiger partial charge in [-0.1, -0.05) is 6.42 Å². The molecule has 4 atom stereocenters. The Morgan fingerprint density at radius 1 is 1.36 bits per heavy atom. The number of fused-ring (bicyclic) bond motifs is 2. The van der Waals surface area contributed by atoms with Crippen LogP contribution in [0, 0.1) is 11.8 Å². The topological polar surface area (TPSA) is 35.2 Å². The van der Waals surface area contributed by atoms with Crippen molar-refractivity contribution in [2.45, 2.75) is 56.7 Å². The molecule has 3 fully saturated rings. The van der Waals surface area contributed by atoms with Crippen LogP contribution in [0.4, 0.5) is 0 Å². The Labute approximate surface area is 86.2 Å². The van der Waals surface area contributed by atoms with Crippen LogP contribution in [0.3, 0.4) is 0 Å². The van der Waals surface area contributed by atoms with Crippen LogP contribution in [-0.4, -0.2) is 17.7 Å². The van der Waals surface area contributed by atoms with Gasteiger partial charge in [-0.05, 0) is 50.9 Å². The van der Waals surface area contributed by atoms with Crippen molar-refractivity contribution in [3.63, 3.8) is 0 Å². The van der Waals surface area contributed by atoms with E-state index < -0.39 is 0 Å². The van der Waals surface area contributed by atoms with Gasteiger partial charge in [0.25, 0.3) is 0 Å². The normalized spacial score (nSPS) is 56.1. The average Bonchev–Trinajstić information content (AvgIpc) is 2.90. The molecule has 2 saturated carbocycles. The van der Waals surface area contributed by atoms with Crippen LogP contribution in [0.15, 0.2) is 0 Å². The van der Waals surface area contributed by atoms with E-state index in [1.165, 1.54) is 38.5 Å². The molecular weight excluding hydrogens is 174 g/mol. The third-order valence-corrected chi connectivity index (χ3v) is 4.73. The number of ether oxygens (including phenoxy) is 1. The van der Waals surface area contributed by atoms with Crippen molar-refractivity contribution in [1.29, 1.82) is 0 Å². The summed E-state index contributed by atoms with van der Waals surface area (Å²) in [6.07, 6.45) is 8.00. The molecule has 1 spiro atoms. The van der Waals surface area contributed by atoms with Gasteiger partial charge in [-0.15, -0.1) is 0 Å². The molecule has 2 nitrogen and oxygen atoms in total. The first kappa shape index (κ1) is 9.17. The van der Waals surface area contributed by atoms with Gasteiger partial charge in [0, 0.05) is 6.54 Å². The lowest BCUT2D eigenvalue weighted by Gasteiger charge is -2.36. The first-order valence-electron chi connectivity index (χ1n) is 6.08. The van der Waals surface area contributed by atoms with Gasteiger partial charge in [0.1, 0.15) is 0 Å². The molecule has 0 bridgehead atoms. The zero-order valence-corrected chi connectivity index (χ0v) is 9.09. The predicted molar refractivity (Wildman–Crippen MR) is 56.0 cm³/mol. The number of hydrogen-bond donors (Lipinski definition) is 1. The van der Waals surface area contributed by atoms with Crippen molar-refractivity contribution in [2.75, 3.05) is 6.54 Å². The summed E-state index contributed by atoms with van der Waals surface area (Å²) in [6.45, 7) is 2.87. The fraction of sp³-hybridized carbons (Fsp3) is 1.00. The van der Waals surface area contributed by atoms with Crippen molar-refractivity contribution >= 4 is 0 Å². The highest BCUT2D eigenvalue weighted by Gasteiger charge is 2.60. The summed E-state index contributed by atoms with van der Waals surface area (Å²) in [5, 5.41) is 0. The third-order valence-electron chi connectivity index (χ3n) is 4.73. The SMILES string of the molecule is CC1(CN)CCC2(CCCC3CC32)O1. The lowest BCUT2D eigenvalue weighted by Crippen LogP contribution is -2.41. The lowest BCUT2D eigenvalue weighted by atomic mass is 9.82. The van der Waals surface area contributed by atoms with E-state index in [9.17, 15) is 0 Å². The lowest BCUT2D eigenvalue weighted by molar-refractivity contribution is -0.116. The van der Waals surface area contributed by atoms with Gasteiger partial charge in [0.15, 0.2) is 0 Å². The Bertz CT molecular complexity index is 255. The summed E-state index contributed by atoms with van der Waals surface area (Å²) in [4.78, 5) is 0. The second kappa shape index (κ2) is 2.73. The predicted octanol–water partition coefficient (Wildman–Crippen LogP) is 2.07. The number of rotatable bonds is 1. The Hall–Kier alpha value is -0.0800. The Balaban J connectivity index is 1.79. The molecule has 0 aromatic rings. The van der Waals surface area contributed by atoms with E-state index in [4.69, 9.17) is 10.5 Å². The molecule has 2 aliphatic carbocycles. The van der Waals surface area contributed by atoms with Crippen LogP contribution in [0.1, 0.15) is 45.4 Å². The fourth-order valence-electron chi connectivity index (χ4n) is 3.71. The highest BCUT2D eigenvalue weighted by Crippen LogP contribution is 2.61. The minimum atomic E-state index is -0.00944. The maximum Gasteiger partial charge on any atom is 0.0784 e. The average molecular weight is 195 g/mol. The zero-order valence-electron chi connectivity index (χ0n) is 9.09. The monoisotopic (exact) mass is 195 g/mol. The van der Waals surface area contributed by atoms with Gasteiger partial charge in [0.2, 0.25) is 0 Å². The molecule has 3 rings (SSSR count). The zero-order chi connectivity index (χ0) is 9.81. The molecule has 3 aliphatic rings. The first-order chi connectivity index (χ1) is 6.68. The minimum Gasteiger partial charge on any atom is -0.367 e. The molecule has 1 saturated heterocycles. The summed E-state index contributed by atoms with van der Waals surface area (Å²) < 4.78 is 6.36. The quantitative estimate of drug-likeness (QED) is 0.695. The molecule has 1 heterocycles. The Morgan fingerprint density at radius 3 is 2.93 bits per heavy atom. The van der Waals surface area contributed by atoms with Crippen LogP contribution in [-0.2, 0) is 4.74 Å². The van der Waals surface area contributed by atoms with Crippen LogP contribution in [0.25, 0.3) is 0 Å².